The molecule has 6 rings (SSSR count). The molecule has 42 heavy (non-hydrogen) atoms. The number of hydrogen-bond acceptors (Lipinski definition) is 6. The Morgan fingerprint density at radius 2 is 1.79 bits per heavy atom. The minimum atomic E-state index is -0.929. The molecule has 3 aromatic carbocycles. The smallest absolute Gasteiger partial charge is 0.299 e. The Kier molecular flexibility index (Phi) is 7.43. The normalized spacial score (nSPS) is 17.6. The Morgan fingerprint density at radius 1 is 1.00 bits per heavy atom. The minimum absolute atomic E-state index is 0.00379. The van der Waals surface area contributed by atoms with Crippen LogP contribution < -0.4 is 19.7 Å². The van der Waals surface area contributed by atoms with E-state index in [9.17, 15) is 23.6 Å². The first-order valence-corrected chi connectivity index (χ1v) is 13.7. The molecule has 214 valence electrons. The number of ether oxygens (including phenoxy) is 2. The average molecular weight is 570 g/mol. The summed E-state index contributed by atoms with van der Waals surface area (Å²) < 4.78 is 24.6. The number of amides is 3. The standard InChI is InChI=1S/C32H28FN3O6/c33-22-12-10-20(11-13-22)17-36(28(37)18-35-25-9-5-4-8-24(25)30(38)32(35)40)29(21-6-2-1-3-7-21)31(39)34-23-14-15-26-27(16-23)42-19-41-26/h1-2,4-5,8-16,21,29H,3,6-7,17-19H2,(H,34,39)/t21-,29-/m0/s1. The number of allylic oxidation sites excluding steroid dienone is 2. The van der Waals surface area contributed by atoms with Gasteiger partial charge in [0.15, 0.2) is 11.5 Å². The molecule has 1 aliphatic carbocycles. The van der Waals surface area contributed by atoms with Crippen LogP contribution in [0.2, 0.25) is 0 Å². The molecule has 3 aliphatic rings. The van der Waals surface area contributed by atoms with Crippen LogP contribution in [0.25, 0.3) is 0 Å². The average Bonchev–Trinajstić information content (AvgIpc) is 3.57. The fourth-order valence-corrected chi connectivity index (χ4v) is 5.66. The van der Waals surface area contributed by atoms with E-state index < -0.39 is 41.9 Å². The maximum Gasteiger partial charge on any atom is 0.299 e. The van der Waals surface area contributed by atoms with Crippen molar-refractivity contribution in [1.82, 2.24) is 4.90 Å². The van der Waals surface area contributed by atoms with Crippen LogP contribution in [-0.4, -0.2) is 47.8 Å². The predicted octanol–water partition coefficient (Wildman–Crippen LogP) is 4.48. The third-order valence-electron chi connectivity index (χ3n) is 7.76. The van der Waals surface area contributed by atoms with Crippen molar-refractivity contribution in [3.05, 3.63) is 95.8 Å². The minimum Gasteiger partial charge on any atom is -0.454 e. The van der Waals surface area contributed by atoms with Gasteiger partial charge in [-0.3, -0.25) is 24.1 Å². The van der Waals surface area contributed by atoms with Crippen molar-refractivity contribution in [3.63, 3.8) is 0 Å². The molecule has 0 bridgehead atoms. The number of anilines is 2. The number of rotatable bonds is 8. The van der Waals surface area contributed by atoms with Crippen LogP contribution in [0.15, 0.2) is 78.9 Å². The largest absolute Gasteiger partial charge is 0.454 e. The first kappa shape index (κ1) is 27.2. The van der Waals surface area contributed by atoms with Gasteiger partial charge in [0.25, 0.3) is 11.7 Å². The summed E-state index contributed by atoms with van der Waals surface area (Å²) in [4.78, 5) is 56.3. The van der Waals surface area contributed by atoms with Gasteiger partial charge in [-0.25, -0.2) is 4.39 Å². The molecule has 3 amide bonds. The van der Waals surface area contributed by atoms with E-state index in [1.165, 1.54) is 17.0 Å². The molecule has 1 N–H and O–H groups in total. The van der Waals surface area contributed by atoms with Crippen LogP contribution in [0, 0.1) is 11.7 Å². The number of ketones is 1. The van der Waals surface area contributed by atoms with Gasteiger partial charge in [-0.1, -0.05) is 36.4 Å². The molecule has 10 heteroatoms. The lowest BCUT2D eigenvalue weighted by Gasteiger charge is -2.37. The molecular formula is C32H28FN3O6. The zero-order chi connectivity index (χ0) is 29.2. The second-order valence-corrected chi connectivity index (χ2v) is 10.4. The highest BCUT2D eigenvalue weighted by Crippen LogP contribution is 2.35. The Balaban J connectivity index is 1.34. The zero-order valence-corrected chi connectivity index (χ0v) is 22.6. The number of carbonyl (C=O) groups is 4. The summed E-state index contributed by atoms with van der Waals surface area (Å²) in [6.45, 7) is -0.347. The Bertz CT molecular complexity index is 1590. The van der Waals surface area contributed by atoms with E-state index in [4.69, 9.17) is 9.47 Å². The van der Waals surface area contributed by atoms with Crippen molar-refractivity contribution in [2.45, 2.75) is 31.8 Å². The van der Waals surface area contributed by atoms with Gasteiger partial charge in [0.1, 0.15) is 18.4 Å². The fraction of sp³-hybridized carbons (Fsp3) is 0.250. The molecule has 2 heterocycles. The molecular weight excluding hydrogens is 541 g/mol. The van der Waals surface area contributed by atoms with Crippen molar-refractivity contribution in [1.29, 1.82) is 0 Å². The maximum atomic E-state index is 14.1. The first-order valence-electron chi connectivity index (χ1n) is 13.7. The number of carbonyl (C=O) groups excluding carboxylic acids is 4. The van der Waals surface area contributed by atoms with E-state index in [0.717, 1.165) is 11.3 Å². The highest BCUT2D eigenvalue weighted by molar-refractivity contribution is 6.52. The molecule has 0 unspecified atom stereocenters. The lowest BCUT2D eigenvalue weighted by atomic mass is 9.85. The highest BCUT2D eigenvalue weighted by Gasteiger charge is 2.41. The Hall–Kier alpha value is -4.99. The number of para-hydroxylation sites is 1. The van der Waals surface area contributed by atoms with Gasteiger partial charge < -0.3 is 19.7 Å². The van der Waals surface area contributed by atoms with E-state index in [0.29, 0.717) is 41.3 Å². The van der Waals surface area contributed by atoms with Gasteiger partial charge in [-0.2, -0.15) is 0 Å². The topological polar surface area (TPSA) is 105 Å². The monoisotopic (exact) mass is 569 g/mol. The van der Waals surface area contributed by atoms with Crippen LogP contribution in [-0.2, 0) is 20.9 Å². The Labute approximate surface area is 241 Å². The van der Waals surface area contributed by atoms with Crippen LogP contribution in [0.4, 0.5) is 15.8 Å². The zero-order valence-electron chi connectivity index (χ0n) is 22.6. The lowest BCUT2D eigenvalue weighted by molar-refractivity contribution is -0.140. The van der Waals surface area contributed by atoms with Crippen molar-refractivity contribution >= 4 is 34.9 Å². The van der Waals surface area contributed by atoms with Crippen LogP contribution in [0.1, 0.15) is 35.2 Å². The van der Waals surface area contributed by atoms with E-state index >= 15 is 0 Å². The fourth-order valence-electron chi connectivity index (χ4n) is 5.66. The number of hydrogen-bond donors (Lipinski definition) is 1. The van der Waals surface area contributed by atoms with Crippen LogP contribution >= 0.6 is 0 Å². The second-order valence-electron chi connectivity index (χ2n) is 10.4. The van der Waals surface area contributed by atoms with Gasteiger partial charge in [-0.15, -0.1) is 0 Å². The summed E-state index contributed by atoms with van der Waals surface area (Å²) in [6, 6.07) is 16.3. The molecule has 0 fully saturated rings. The summed E-state index contributed by atoms with van der Waals surface area (Å²) >= 11 is 0. The van der Waals surface area contributed by atoms with Gasteiger partial charge in [0, 0.05) is 18.3 Å². The molecule has 0 saturated heterocycles. The van der Waals surface area contributed by atoms with Crippen LogP contribution in [0.5, 0.6) is 11.5 Å². The molecule has 2 atom stereocenters. The number of nitrogens with one attached hydrogen (secondary N) is 1. The number of halogens is 1. The van der Waals surface area contributed by atoms with E-state index in [-0.39, 0.29) is 24.8 Å². The number of fused-ring (bicyclic) bond motifs is 2. The quantitative estimate of drug-likeness (QED) is 0.317. The SMILES string of the molecule is O=C1C(=O)N(CC(=O)N(Cc2ccc(F)cc2)[C@H](C(=O)Nc2ccc3c(c2)OCO3)[C@H]2CC=CCC2)c2ccccc21. The molecule has 2 aliphatic heterocycles. The van der Waals surface area contributed by atoms with Crippen molar-refractivity contribution in [2.75, 3.05) is 23.6 Å². The third-order valence-corrected chi connectivity index (χ3v) is 7.76. The van der Waals surface area contributed by atoms with Gasteiger partial charge in [0.2, 0.25) is 18.6 Å². The summed E-state index contributed by atoms with van der Waals surface area (Å²) in [5.74, 6) is -1.99. The highest BCUT2D eigenvalue weighted by atomic mass is 19.1. The maximum absolute atomic E-state index is 14.1. The van der Waals surface area contributed by atoms with Gasteiger partial charge in [0.05, 0.1) is 11.3 Å². The van der Waals surface area contributed by atoms with E-state index in [1.807, 2.05) is 12.2 Å². The summed E-state index contributed by atoms with van der Waals surface area (Å²) in [7, 11) is 0. The molecule has 0 saturated carbocycles. The first-order chi connectivity index (χ1) is 20.4. The molecule has 0 radical (unpaired) electrons. The molecule has 0 aromatic heterocycles. The molecule has 0 spiro atoms. The van der Waals surface area contributed by atoms with Gasteiger partial charge in [-0.05, 0) is 67.1 Å². The predicted molar refractivity (Wildman–Crippen MR) is 152 cm³/mol. The lowest BCUT2D eigenvalue weighted by Crippen LogP contribution is -2.54. The summed E-state index contributed by atoms with van der Waals surface area (Å²) in [6.07, 6.45) is 6.00. The van der Waals surface area contributed by atoms with Crippen molar-refractivity contribution < 1.29 is 33.0 Å². The molecule has 9 nitrogen and oxygen atoms in total. The van der Waals surface area contributed by atoms with Gasteiger partial charge >= 0.3 is 0 Å². The summed E-state index contributed by atoms with van der Waals surface area (Å²) in [5, 5.41) is 2.94. The van der Waals surface area contributed by atoms with Crippen LogP contribution in [0.3, 0.4) is 0 Å². The number of Topliss-reactive ketones (excluding diaryl/α,β-unsaturated/α-hetero) is 1. The van der Waals surface area contributed by atoms with E-state index in [1.54, 1.807) is 54.6 Å². The molecule has 3 aromatic rings. The Morgan fingerprint density at radius 3 is 2.57 bits per heavy atom. The van der Waals surface area contributed by atoms with Crippen molar-refractivity contribution in [2.24, 2.45) is 5.92 Å². The van der Waals surface area contributed by atoms with Crippen molar-refractivity contribution in [3.8, 4) is 11.5 Å². The number of benzene rings is 3. The second kappa shape index (κ2) is 11.5. The van der Waals surface area contributed by atoms with E-state index in [2.05, 4.69) is 5.32 Å². The number of nitrogens with zero attached hydrogens (tertiary/aromatic N) is 2. The summed E-state index contributed by atoms with van der Waals surface area (Å²) in [5.41, 5.74) is 1.67. The third kappa shape index (κ3) is 5.35.